The Bertz CT molecular complexity index is 56.6. The van der Waals surface area contributed by atoms with Gasteiger partial charge in [-0.25, -0.2) is 0 Å². The van der Waals surface area contributed by atoms with Crippen molar-refractivity contribution in [1.29, 1.82) is 0 Å². The molecule has 3 nitrogen and oxygen atoms in total. The predicted octanol–water partition coefficient (Wildman–Crippen LogP) is 5.22. The summed E-state index contributed by atoms with van der Waals surface area (Å²) in [5.74, 6) is 0. The number of nitrogens with zero attached hydrogens (tertiary/aromatic N) is 2. The molecule has 0 aromatic rings. The average molecular weight is 580 g/mol. The predicted molar refractivity (Wildman–Crippen MR) is 111 cm³/mol. The van der Waals surface area contributed by atoms with Crippen LogP contribution in [0.15, 0.2) is 0 Å². The molecule has 0 aromatic carbocycles. The van der Waals surface area contributed by atoms with Gasteiger partial charge in [0.1, 0.15) is 0 Å². The molecule has 0 aliphatic carbocycles. The second kappa shape index (κ2) is 53.6. The number of halogens is 3. The van der Waals surface area contributed by atoms with Crippen LogP contribution in [0.4, 0.5) is 0 Å². The van der Waals surface area contributed by atoms with E-state index in [4.69, 9.17) is 0 Å². The van der Waals surface area contributed by atoms with Gasteiger partial charge in [0.15, 0.2) is 0 Å². The van der Waals surface area contributed by atoms with Crippen LogP contribution in [0, 0.1) is 0 Å². The fraction of sp³-hybridized carbons (Fsp3) is 1.00. The molecule has 0 fully saturated rings. The van der Waals surface area contributed by atoms with Crippen molar-refractivity contribution in [2.75, 3.05) is 42.3 Å². The first-order chi connectivity index (χ1) is 5.00. The molecule has 0 spiro atoms. The van der Waals surface area contributed by atoms with Gasteiger partial charge in [-0.2, -0.15) is 5.06 Å². The minimum atomic E-state index is 0. The largest absolute Gasteiger partial charge is 0.312 e. The summed E-state index contributed by atoms with van der Waals surface area (Å²) < 4.78 is 0. The zero-order valence-corrected chi connectivity index (χ0v) is 15.1. The molecule has 0 atom stereocenters. The van der Waals surface area contributed by atoms with E-state index in [1.807, 2.05) is 40.1 Å². The first-order valence-electron chi connectivity index (χ1n) is 2.97. The average Bonchev–Trinajstić information content (AvgIpc) is 1.91. The molecule has 0 aromatic heterocycles. The molecule has 0 saturated heterocycles. The lowest BCUT2D eigenvalue weighted by Crippen LogP contribution is -2.07. The molecule has 0 aliphatic heterocycles. The van der Waals surface area contributed by atoms with E-state index in [2.05, 4.69) is 42.1 Å². The second-order valence-electron chi connectivity index (χ2n) is 2.34. The summed E-state index contributed by atoms with van der Waals surface area (Å²) in [7, 11) is 11.3. The zero-order valence-electron chi connectivity index (χ0n) is 8.47. The van der Waals surface area contributed by atoms with Gasteiger partial charge in [-0.05, 0) is 21.1 Å². The number of rotatable bonds is 1. The quantitative estimate of drug-likeness (QED) is 0.313. The highest BCUT2D eigenvalue weighted by Crippen LogP contribution is 1.89. The number of hydroxylamine groups is 2. The highest BCUT2D eigenvalue weighted by Gasteiger charge is 1.70. The Labute approximate surface area is 146 Å². The van der Waals surface area contributed by atoms with Gasteiger partial charge in [-0.1, -0.05) is 29.7 Å². The van der Waals surface area contributed by atoms with Crippen molar-refractivity contribution < 1.29 is 4.84 Å². The molecule has 0 saturated carbocycles. The highest BCUT2D eigenvalue weighted by molar-refractivity contribution is 15.0. The molecule has 0 heterocycles. The SMILES string of the molecule is C.C.C.C.CN(C)C.CON(C)C.I.II. The third kappa shape index (κ3) is 220. The van der Waals surface area contributed by atoms with Crippen LogP contribution >= 0.6 is 61.2 Å². The summed E-state index contributed by atoms with van der Waals surface area (Å²) in [5.41, 5.74) is 0. The Morgan fingerprint density at radius 2 is 0.812 bits per heavy atom. The van der Waals surface area contributed by atoms with Gasteiger partial charge < -0.3 is 9.74 Å². The molecule has 0 unspecified atom stereocenters. The van der Waals surface area contributed by atoms with Crippen LogP contribution in [0.1, 0.15) is 29.7 Å². The molecule has 0 amide bonds. The van der Waals surface area contributed by atoms with E-state index in [0.29, 0.717) is 0 Å². The molecular weight excluding hydrogens is 545 g/mol. The molecule has 0 aliphatic rings. The van der Waals surface area contributed by atoms with E-state index in [-0.39, 0.29) is 53.7 Å². The molecule has 0 bridgehead atoms. The van der Waals surface area contributed by atoms with Crippen LogP contribution in [-0.4, -0.2) is 52.3 Å². The Balaban J connectivity index is -0.00000000913. The molecular formula is C10H35I3N2O. The van der Waals surface area contributed by atoms with Crippen LogP contribution in [0.2, 0.25) is 0 Å². The Hall–Kier alpha value is 2.07. The van der Waals surface area contributed by atoms with Gasteiger partial charge in [-0.3, -0.25) is 0 Å². The van der Waals surface area contributed by atoms with E-state index in [9.17, 15) is 0 Å². The van der Waals surface area contributed by atoms with E-state index >= 15 is 0 Å². The standard InChI is InChI=1S/C3H9NO.C3H9N.4CH4.I2.HI/c1-4(2)5-3;1-4(2)3;;;;;1-2;/h1-3H3;1-3H3;4*1H4;;1H. The van der Waals surface area contributed by atoms with Crippen molar-refractivity contribution in [2.24, 2.45) is 0 Å². The normalized spacial score (nSPS) is 5.62. The van der Waals surface area contributed by atoms with Crippen LogP contribution in [0.3, 0.4) is 0 Å². The van der Waals surface area contributed by atoms with Gasteiger partial charge in [0.25, 0.3) is 0 Å². The number of hydrogen-bond donors (Lipinski definition) is 0. The van der Waals surface area contributed by atoms with Crippen molar-refractivity contribution in [3.05, 3.63) is 0 Å². The van der Waals surface area contributed by atoms with Gasteiger partial charge >= 0.3 is 0 Å². The summed E-state index contributed by atoms with van der Waals surface area (Å²) in [4.78, 5) is 6.58. The van der Waals surface area contributed by atoms with Crippen molar-refractivity contribution >= 4 is 61.2 Å². The van der Waals surface area contributed by atoms with Gasteiger partial charge in [0, 0.05) is 51.3 Å². The van der Waals surface area contributed by atoms with Crippen molar-refractivity contribution in [3.8, 4) is 0 Å². The first kappa shape index (κ1) is 51.9. The number of hydrogen-bond acceptors (Lipinski definition) is 3. The van der Waals surface area contributed by atoms with Gasteiger partial charge in [-0.15, -0.1) is 24.0 Å². The Morgan fingerprint density at radius 3 is 0.812 bits per heavy atom. The summed E-state index contributed by atoms with van der Waals surface area (Å²) in [5, 5.41) is 1.62. The van der Waals surface area contributed by atoms with Crippen LogP contribution in [0.5, 0.6) is 0 Å². The van der Waals surface area contributed by atoms with Gasteiger partial charge in [0.2, 0.25) is 0 Å². The minimum Gasteiger partial charge on any atom is -0.312 e. The maximum Gasteiger partial charge on any atom is 0.0574 e. The van der Waals surface area contributed by atoms with Gasteiger partial charge in [0.05, 0.1) is 7.11 Å². The van der Waals surface area contributed by atoms with E-state index in [1.165, 1.54) is 0 Å². The fourth-order valence-corrected chi connectivity index (χ4v) is 0. The van der Waals surface area contributed by atoms with Crippen LogP contribution in [-0.2, 0) is 4.84 Å². The lowest BCUT2D eigenvalue weighted by atomic mass is 11.0. The lowest BCUT2D eigenvalue weighted by Gasteiger charge is -2.01. The van der Waals surface area contributed by atoms with E-state index in [0.717, 1.165) is 0 Å². The third-order valence-electron chi connectivity index (χ3n) is 0.365. The highest BCUT2D eigenvalue weighted by atomic mass is 128. The topological polar surface area (TPSA) is 15.7 Å². The summed E-state index contributed by atoms with van der Waals surface area (Å²) in [6.07, 6.45) is 0. The molecule has 6 heteroatoms. The van der Waals surface area contributed by atoms with Crippen molar-refractivity contribution in [2.45, 2.75) is 29.7 Å². The third-order valence-corrected chi connectivity index (χ3v) is 0.365. The van der Waals surface area contributed by atoms with E-state index < -0.39 is 0 Å². The maximum absolute atomic E-state index is 4.58. The minimum absolute atomic E-state index is 0. The second-order valence-corrected chi connectivity index (χ2v) is 2.34. The van der Waals surface area contributed by atoms with Crippen molar-refractivity contribution in [3.63, 3.8) is 0 Å². The Kier molecular flexibility index (Phi) is 174. The smallest absolute Gasteiger partial charge is 0.0574 e. The summed E-state index contributed by atoms with van der Waals surface area (Å²) in [6, 6.07) is 0. The molecule has 0 rings (SSSR count). The van der Waals surface area contributed by atoms with E-state index in [1.54, 1.807) is 12.2 Å². The van der Waals surface area contributed by atoms with Crippen LogP contribution < -0.4 is 0 Å². The first-order valence-corrected chi connectivity index (χ1v) is 9.26. The zero-order chi connectivity index (χ0) is 9.86. The monoisotopic (exact) mass is 580 g/mol. The van der Waals surface area contributed by atoms with Crippen molar-refractivity contribution in [1.82, 2.24) is 9.96 Å². The fourth-order valence-electron chi connectivity index (χ4n) is 0. The maximum atomic E-state index is 4.58. The molecule has 16 heavy (non-hydrogen) atoms. The molecule has 0 radical (unpaired) electrons. The van der Waals surface area contributed by atoms with Crippen LogP contribution in [0.25, 0.3) is 0 Å². The summed E-state index contributed by atoms with van der Waals surface area (Å²) >= 11 is 4.24. The lowest BCUT2D eigenvalue weighted by molar-refractivity contribution is -0.0855. The summed E-state index contributed by atoms with van der Waals surface area (Å²) in [6.45, 7) is 0. The molecule has 0 N–H and O–H groups in total. The molecule has 112 valence electrons. The Morgan fingerprint density at radius 1 is 0.750 bits per heavy atom.